The predicted octanol–water partition coefficient (Wildman–Crippen LogP) is 13.8. The van der Waals surface area contributed by atoms with Crippen LogP contribution in [-0.2, 0) is 28.1 Å². The zero-order chi connectivity index (χ0) is 39.6. The maximum absolute atomic E-state index is 13.4. The van der Waals surface area contributed by atoms with Crippen LogP contribution in [0.25, 0.3) is 0 Å². The molecule has 0 atom stereocenters. The predicted molar refractivity (Wildman–Crippen MR) is 235 cm³/mol. The summed E-state index contributed by atoms with van der Waals surface area (Å²) in [6.45, 7) is 21.4. The third-order valence-electron chi connectivity index (χ3n) is 13.4. The fraction of sp³-hybridized carbons (Fsp3) is 0.489. The highest BCUT2D eigenvalue weighted by atomic mass is 32.2. The van der Waals surface area contributed by atoms with E-state index in [9.17, 15) is 8.42 Å². The van der Waals surface area contributed by atoms with Gasteiger partial charge in [-0.05, 0) is 102 Å². The van der Waals surface area contributed by atoms with Gasteiger partial charge in [-0.3, -0.25) is 0 Å². The van der Waals surface area contributed by atoms with Gasteiger partial charge in [0, 0.05) is 5.41 Å². The minimum atomic E-state index is -3.67. The molecule has 0 aliphatic heterocycles. The van der Waals surface area contributed by atoms with E-state index in [0.29, 0.717) is 11.5 Å². The van der Waals surface area contributed by atoms with Crippen LogP contribution in [0.3, 0.4) is 0 Å². The number of hydrogen-bond acceptors (Lipinski definition) is 4. The third kappa shape index (κ3) is 10.2. The maximum Gasteiger partial charge on any atom is 0.206 e. The number of ether oxygens (including phenoxy) is 2. The van der Waals surface area contributed by atoms with Gasteiger partial charge in [0.1, 0.15) is 17.2 Å². The first kappa shape index (κ1) is 43.6. The number of aryl methyl sites for hydroxylation is 3. The number of hydrogen-bond donors (Lipinski definition) is 0. The quantitative estimate of drug-likeness (QED) is 0.0790. The lowest BCUT2D eigenvalue weighted by Crippen LogP contribution is -2.31. The Balaban J connectivity index is 1.63. The summed E-state index contributed by atoms with van der Waals surface area (Å²) in [6.07, 6.45) is 4.54. The highest BCUT2D eigenvalue weighted by Gasteiger charge is 2.29. The van der Waals surface area contributed by atoms with Crippen LogP contribution < -0.4 is 9.47 Å². The summed E-state index contributed by atoms with van der Waals surface area (Å²) in [7, 11) is -4.50. The molecule has 4 nitrogen and oxygen atoms in total. The molecule has 7 heteroatoms. The van der Waals surface area contributed by atoms with Crippen molar-refractivity contribution in [2.75, 3.05) is 7.11 Å². The summed E-state index contributed by atoms with van der Waals surface area (Å²) in [4.78, 5) is 0.467. The number of sulfone groups is 1. The molecule has 0 bridgehead atoms. The normalized spacial score (nSPS) is 12.6. The van der Waals surface area contributed by atoms with Gasteiger partial charge in [-0.1, -0.05) is 147 Å². The number of rotatable bonds is 21. The van der Waals surface area contributed by atoms with Crippen molar-refractivity contribution in [3.8, 4) is 17.2 Å². The minimum Gasteiger partial charge on any atom is -0.497 e. The molecule has 0 unspecified atom stereocenters. The Hall–Kier alpha value is -3.14. The van der Waals surface area contributed by atoms with E-state index in [0.717, 1.165) is 25.0 Å². The highest BCUT2D eigenvalue weighted by molar-refractivity contribution is 7.91. The van der Waals surface area contributed by atoms with Gasteiger partial charge in [0.25, 0.3) is 0 Å². The maximum atomic E-state index is 13.4. The van der Waals surface area contributed by atoms with E-state index in [1.165, 1.54) is 82.6 Å². The van der Waals surface area contributed by atoms with Crippen LogP contribution in [0.2, 0.25) is 48.4 Å². The van der Waals surface area contributed by atoms with Crippen molar-refractivity contribution >= 4 is 26.0 Å². The van der Waals surface area contributed by atoms with Gasteiger partial charge in [-0.2, -0.15) is 0 Å². The molecular weight excluding hydrogens is 717 g/mol. The van der Waals surface area contributed by atoms with Gasteiger partial charge in [0.15, 0.2) is 0 Å². The Labute approximate surface area is 331 Å². The van der Waals surface area contributed by atoms with Crippen molar-refractivity contribution in [3.63, 3.8) is 0 Å². The van der Waals surface area contributed by atoms with Crippen LogP contribution in [0.5, 0.6) is 17.2 Å². The zero-order valence-corrected chi connectivity index (χ0v) is 37.9. The van der Waals surface area contributed by atoms with Gasteiger partial charge in [-0.25, -0.2) is 8.42 Å². The molecule has 4 rings (SSSR count). The van der Waals surface area contributed by atoms with E-state index in [-0.39, 0.29) is 15.2 Å². The van der Waals surface area contributed by atoms with E-state index in [1.807, 2.05) is 0 Å². The van der Waals surface area contributed by atoms with Gasteiger partial charge < -0.3 is 9.47 Å². The fourth-order valence-electron chi connectivity index (χ4n) is 8.33. The average molecular weight is 785 g/mol. The topological polar surface area (TPSA) is 52.6 Å². The lowest BCUT2D eigenvalue weighted by molar-refractivity contribution is 0.414. The van der Waals surface area contributed by atoms with Crippen LogP contribution in [0, 0.1) is 6.92 Å². The second-order valence-electron chi connectivity index (χ2n) is 16.2. The summed E-state index contributed by atoms with van der Waals surface area (Å²) in [5.74, 6) is 2.09. The third-order valence-corrected chi connectivity index (χ3v) is 27.0. The summed E-state index contributed by atoms with van der Waals surface area (Å²) in [6, 6.07) is 38.1. The molecule has 0 aliphatic carbocycles. The van der Waals surface area contributed by atoms with Gasteiger partial charge in [0.05, 0.1) is 33.0 Å². The van der Waals surface area contributed by atoms with E-state index >= 15 is 0 Å². The van der Waals surface area contributed by atoms with Crippen molar-refractivity contribution in [2.45, 2.75) is 152 Å². The molecule has 0 fully saturated rings. The second kappa shape index (κ2) is 19.1. The lowest BCUT2D eigenvalue weighted by atomic mass is 9.76. The molecule has 0 amide bonds. The molecule has 0 radical (unpaired) electrons. The van der Waals surface area contributed by atoms with E-state index < -0.39 is 26.0 Å². The first-order chi connectivity index (χ1) is 25.8. The Bertz CT molecular complexity index is 1870. The minimum absolute atomic E-state index is 0.184. The summed E-state index contributed by atoms with van der Waals surface area (Å²) < 4.78 is 38.5. The zero-order valence-electron chi connectivity index (χ0n) is 35.1. The Morgan fingerprint density at radius 1 is 0.574 bits per heavy atom. The molecule has 0 aromatic heterocycles. The Morgan fingerprint density at radius 3 is 1.46 bits per heavy atom. The molecule has 4 aromatic rings. The Kier molecular flexibility index (Phi) is 15.5. The van der Waals surface area contributed by atoms with Gasteiger partial charge in [0.2, 0.25) is 9.84 Å². The SMILES string of the molecule is CC[Si](CC)(CC)CCCc1cc(C(C)(C)c2ccc(Oc3ccc(S(=O)(=O)c4ccc(OC)cc4)cc3)c(CCC[Si](CC)(CC)CC)c2)ccc1C. The molecule has 0 spiro atoms. The van der Waals surface area contributed by atoms with Crippen molar-refractivity contribution in [2.24, 2.45) is 0 Å². The molecule has 0 heterocycles. The van der Waals surface area contributed by atoms with Crippen LogP contribution in [-0.4, -0.2) is 31.7 Å². The molecular formula is C47H68O4SSi2. The van der Waals surface area contributed by atoms with E-state index in [2.05, 4.69) is 98.7 Å². The molecule has 0 saturated heterocycles. The molecule has 4 aromatic carbocycles. The van der Waals surface area contributed by atoms with Crippen molar-refractivity contribution < 1.29 is 17.9 Å². The van der Waals surface area contributed by atoms with Crippen LogP contribution in [0.4, 0.5) is 0 Å². The van der Waals surface area contributed by atoms with E-state index in [1.54, 1.807) is 55.6 Å². The fourth-order valence-corrected chi connectivity index (χ4v) is 16.6. The van der Waals surface area contributed by atoms with Crippen molar-refractivity contribution in [1.82, 2.24) is 0 Å². The van der Waals surface area contributed by atoms with Gasteiger partial charge >= 0.3 is 0 Å². The van der Waals surface area contributed by atoms with E-state index in [4.69, 9.17) is 9.47 Å². The second-order valence-corrected chi connectivity index (χ2v) is 29.4. The van der Waals surface area contributed by atoms with Crippen LogP contribution in [0.1, 0.15) is 96.0 Å². The lowest BCUT2D eigenvalue weighted by Gasteiger charge is -2.30. The first-order valence-corrected chi connectivity index (χ1v) is 27.8. The van der Waals surface area contributed by atoms with Crippen molar-refractivity contribution in [3.05, 3.63) is 113 Å². The summed E-state index contributed by atoms with van der Waals surface area (Å²) in [5.41, 5.74) is 6.57. The molecule has 0 aliphatic rings. The summed E-state index contributed by atoms with van der Waals surface area (Å²) >= 11 is 0. The highest BCUT2D eigenvalue weighted by Crippen LogP contribution is 2.38. The van der Waals surface area contributed by atoms with Gasteiger partial charge in [-0.15, -0.1) is 0 Å². The van der Waals surface area contributed by atoms with Crippen molar-refractivity contribution in [1.29, 1.82) is 0 Å². The molecule has 0 N–H and O–H groups in total. The largest absolute Gasteiger partial charge is 0.497 e. The first-order valence-electron chi connectivity index (χ1n) is 20.7. The molecule has 0 saturated carbocycles. The Morgan fingerprint density at radius 2 is 1.00 bits per heavy atom. The molecule has 54 heavy (non-hydrogen) atoms. The number of benzene rings is 4. The molecule has 294 valence electrons. The van der Waals surface area contributed by atoms with Crippen LogP contribution in [0.15, 0.2) is 94.7 Å². The smallest absolute Gasteiger partial charge is 0.206 e. The standard InChI is InChI=1S/C47H68O4SSi2/c1-11-53(12-2,13-3)33-17-19-38-35-40(22-21-37(38)7)47(8,9)41-23-32-46(39(36-41)20-18-34-54(14-4,15-5)16-6)51-43-26-30-45(31-27-43)52(48,49)44-28-24-42(50-10)25-29-44/h21-32,35-36H,11-20,33-34H2,1-10H3. The average Bonchev–Trinajstić information content (AvgIpc) is 3.20. The summed E-state index contributed by atoms with van der Waals surface area (Å²) in [5, 5.41) is 0. The number of methoxy groups -OCH3 is 1. The van der Waals surface area contributed by atoms with Crippen LogP contribution >= 0.6 is 0 Å². The monoisotopic (exact) mass is 784 g/mol.